The van der Waals surface area contributed by atoms with Crippen molar-refractivity contribution in [3.8, 4) is 0 Å². The number of aryl methyl sites for hydroxylation is 2. The molecule has 0 aliphatic rings. The summed E-state index contributed by atoms with van der Waals surface area (Å²) < 4.78 is 0. The zero-order chi connectivity index (χ0) is 19.4. The maximum atomic E-state index is 6.34. The molecule has 7 heteroatoms. The second-order valence-electron chi connectivity index (χ2n) is 6.62. The summed E-state index contributed by atoms with van der Waals surface area (Å²) in [5, 5.41) is 0.618. The van der Waals surface area contributed by atoms with E-state index in [0.717, 1.165) is 34.2 Å². The summed E-state index contributed by atoms with van der Waals surface area (Å²) >= 11 is 6.34. The Morgan fingerprint density at radius 1 is 0.700 bits per heavy atom. The molecule has 0 saturated heterocycles. The summed E-state index contributed by atoms with van der Waals surface area (Å²) in [6, 6.07) is 19.8. The fourth-order valence-corrected chi connectivity index (χ4v) is 2.82. The van der Waals surface area contributed by atoms with E-state index in [1.54, 1.807) is 0 Å². The Balaban J connectivity index is 0.00000280. The molecule has 0 fully saturated rings. The van der Waals surface area contributed by atoms with E-state index in [-0.39, 0.29) is 43.4 Å². The number of hydrogen-bond donors (Lipinski definition) is 0. The minimum atomic E-state index is 0. The predicted molar refractivity (Wildman–Crippen MR) is 115 cm³/mol. The number of hydrogen-bond acceptors (Lipinski definition) is 3. The van der Waals surface area contributed by atoms with Crippen molar-refractivity contribution in [2.24, 2.45) is 9.98 Å². The minimum absolute atomic E-state index is 0. The van der Waals surface area contributed by atoms with Crippen LogP contribution in [0.4, 0.5) is 11.4 Å². The van der Waals surface area contributed by atoms with Crippen LogP contribution in [0.5, 0.6) is 0 Å². The van der Waals surface area contributed by atoms with Crippen molar-refractivity contribution in [1.29, 1.82) is 0 Å². The number of halogens is 3. The van der Waals surface area contributed by atoms with Gasteiger partial charge in [-0.05, 0) is 64.1 Å². The second-order valence-corrected chi connectivity index (χ2v) is 7.06. The molecule has 0 spiro atoms. The zero-order valence-corrected chi connectivity index (χ0v) is 20.9. The van der Waals surface area contributed by atoms with Gasteiger partial charge in [-0.15, -0.1) is 0 Å². The summed E-state index contributed by atoms with van der Waals surface area (Å²) in [7, 11) is 0. The fraction of sp³-hybridized carbons (Fsp3) is 0.174. The molecular formula is C23H22Cl3N3V. The predicted octanol–water partition coefficient (Wildman–Crippen LogP) is 0.639. The van der Waals surface area contributed by atoms with E-state index in [1.165, 1.54) is 11.1 Å². The van der Waals surface area contributed by atoms with Crippen LogP contribution < -0.4 is 24.8 Å². The molecule has 30 heavy (non-hydrogen) atoms. The number of aromatic nitrogens is 1. The van der Waals surface area contributed by atoms with Crippen LogP contribution in [0.3, 0.4) is 0 Å². The van der Waals surface area contributed by atoms with Crippen LogP contribution in [0, 0.1) is 13.8 Å². The average molecular weight is 498 g/mol. The van der Waals surface area contributed by atoms with Gasteiger partial charge in [-0.1, -0.05) is 47.0 Å². The summed E-state index contributed by atoms with van der Waals surface area (Å²) in [5.41, 5.74) is 7.32. The molecule has 0 saturated carbocycles. The Labute approximate surface area is 207 Å². The van der Waals surface area contributed by atoms with Crippen LogP contribution in [0.15, 0.2) is 70.6 Å². The van der Waals surface area contributed by atoms with Gasteiger partial charge in [0.15, 0.2) is 0 Å². The second kappa shape index (κ2) is 12.9. The van der Waals surface area contributed by atoms with Gasteiger partial charge in [0, 0.05) is 5.02 Å². The molecule has 1 radical (unpaired) electrons. The smallest absolute Gasteiger partial charge is 1.00 e. The third-order valence-corrected chi connectivity index (χ3v) is 4.41. The number of pyridine rings is 1. The molecule has 3 nitrogen and oxygen atoms in total. The summed E-state index contributed by atoms with van der Waals surface area (Å²) in [5.74, 6) is 0. The first kappa shape index (κ1) is 28.4. The van der Waals surface area contributed by atoms with Crippen molar-refractivity contribution in [2.45, 2.75) is 27.7 Å². The number of aliphatic imine (C=N–C) groups is 2. The third kappa shape index (κ3) is 7.90. The van der Waals surface area contributed by atoms with Crippen LogP contribution in [-0.4, -0.2) is 16.4 Å². The van der Waals surface area contributed by atoms with E-state index in [1.807, 2.05) is 74.5 Å². The van der Waals surface area contributed by atoms with Gasteiger partial charge < -0.3 is 24.8 Å². The van der Waals surface area contributed by atoms with Crippen molar-refractivity contribution >= 4 is 34.4 Å². The Morgan fingerprint density at radius 3 is 1.37 bits per heavy atom. The monoisotopic (exact) mass is 496 g/mol. The van der Waals surface area contributed by atoms with Crippen LogP contribution >= 0.6 is 11.6 Å². The number of rotatable bonds is 4. The Kier molecular flexibility index (Phi) is 12.2. The first-order valence-electron chi connectivity index (χ1n) is 8.83. The molecule has 0 bridgehead atoms. The zero-order valence-electron chi connectivity index (χ0n) is 17.2. The van der Waals surface area contributed by atoms with Gasteiger partial charge in [0.1, 0.15) is 0 Å². The van der Waals surface area contributed by atoms with Crippen LogP contribution in [0.25, 0.3) is 0 Å². The summed E-state index contributed by atoms with van der Waals surface area (Å²) in [6.45, 7) is 7.99. The molecule has 1 aromatic heterocycles. The van der Waals surface area contributed by atoms with E-state index in [2.05, 4.69) is 23.8 Å². The molecule has 0 aliphatic heterocycles. The molecular weight excluding hydrogens is 476 g/mol. The van der Waals surface area contributed by atoms with Crippen molar-refractivity contribution in [1.82, 2.24) is 4.98 Å². The molecule has 2 aromatic carbocycles. The Morgan fingerprint density at radius 2 is 1.03 bits per heavy atom. The van der Waals surface area contributed by atoms with Gasteiger partial charge in [0.25, 0.3) is 0 Å². The minimum Gasteiger partial charge on any atom is -1.00 e. The molecule has 0 N–H and O–H groups in total. The van der Waals surface area contributed by atoms with Gasteiger partial charge in [-0.25, -0.2) is 4.98 Å². The molecule has 3 aromatic rings. The normalized spacial score (nSPS) is 11.1. The Hall–Kier alpha value is -1.62. The molecule has 0 amide bonds. The van der Waals surface area contributed by atoms with Crippen molar-refractivity contribution in [2.75, 3.05) is 0 Å². The quantitative estimate of drug-likeness (QED) is 0.488. The van der Waals surface area contributed by atoms with Crippen LogP contribution in [-0.2, 0) is 18.6 Å². The van der Waals surface area contributed by atoms with Crippen molar-refractivity contribution in [3.05, 3.63) is 88.2 Å². The molecule has 155 valence electrons. The molecule has 0 unspecified atom stereocenters. The SMILES string of the molecule is CC(=Nc1ccc(C)cc1)c1cc(Cl)cc(C(C)=Nc2ccc(C)cc2)n1.[Cl-].[Cl-].[V+2]. The first-order valence-corrected chi connectivity index (χ1v) is 9.21. The summed E-state index contributed by atoms with van der Waals surface area (Å²) in [6.07, 6.45) is 0. The third-order valence-electron chi connectivity index (χ3n) is 4.19. The van der Waals surface area contributed by atoms with E-state index < -0.39 is 0 Å². The molecule has 3 rings (SSSR count). The maximum absolute atomic E-state index is 6.34. The topological polar surface area (TPSA) is 37.6 Å². The van der Waals surface area contributed by atoms with E-state index in [4.69, 9.17) is 16.6 Å². The van der Waals surface area contributed by atoms with Gasteiger partial charge >= 0.3 is 18.6 Å². The van der Waals surface area contributed by atoms with Crippen molar-refractivity contribution in [3.63, 3.8) is 0 Å². The maximum Gasteiger partial charge on any atom is 2.00 e. The largest absolute Gasteiger partial charge is 2.00 e. The number of benzene rings is 2. The average Bonchev–Trinajstić information content (AvgIpc) is 2.65. The van der Waals surface area contributed by atoms with E-state index >= 15 is 0 Å². The van der Waals surface area contributed by atoms with Gasteiger partial charge in [-0.3, -0.25) is 9.98 Å². The van der Waals surface area contributed by atoms with E-state index in [9.17, 15) is 0 Å². The summed E-state index contributed by atoms with van der Waals surface area (Å²) in [4.78, 5) is 14.0. The van der Waals surface area contributed by atoms with Crippen molar-refractivity contribution < 1.29 is 43.4 Å². The van der Waals surface area contributed by atoms with Gasteiger partial charge in [0.05, 0.1) is 34.2 Å². The number of nitrogens with zero attached hydrogens (tertiary/aromatic N) is 3. The fourth-order valence-electron chi connectivity index (χ4n) is 2.61. The van der Waals surface area contributed by atoms with Crippen LogP contribution in [0.2, 0.25) is 5.02 Å². The first-order chi connectivity index (χ1) is 12.9. The van der Waals surface area contributed by atoms with Crippen LogP contribution in [0.1, 0.15) is 36.4 Å². The molecule has 1 heterocycles. The van der Waals surface area contributed by atoms with Gasteiger partial charge in [0.2, 0.25) is 0 Å². The Bertz CT molecular complexity index is 935. The van der Waals surface area contributed by atoms with Gasteiger partial charge in [-0.2, -0.15) is 0 Å². The standard InChI is InChI=1S/C23H22ClN3.2ClH.V/c1-15-5-9-20(10-6-15)25-17(3)22-13-19(24)14-23(27-22)18(4)26-21-11-7-16(2)8-12-21;;;/h5-14H,1-4H3;2*1H;/q;;;+2/p-2. The molecule has 0 aliphatic carbocycles. The van der Waals surface area contributed by atoms with E-state index in [0.29, 0.717) is 5.02 Å². The molecule has 0 atom stereocenters.